The van der Waals surface area contributed by atoms with Crippen molar-refractivity contribution in [2.24, 2.45) is 0 Å². The second-order valence-corrected chi connectivity index (χ2v) is 5.18. The first-order valence-corrected chi connectivity index (χ1v) is 7.72. The second kappa shape index (κ2) is 9.48. The third-order valence-electron chi connectivity index (χ3n) is 2.90. The highest BCUT2D eigenvalue weighted by Crippen LogP contribution is 2.20. The van der Waals surface area contributed by atoms with Gasteiger partial charge in [0.25, 0.3) is 0 Å². The summed E-state index contributed by atoms with van der Waals surface area (Å²) in [6.45, 7) is 8.18. The van der Waals surface area contributed by atoms with Crippen LogP contribution in [0.15, 0.2) is 28.7 Å². The van der Waals surface area contributed by atoms with E-state index in [0.717, 1.165) is 10.9 Å². The van der Waals surface area contributed by atoms with Crippen LogP contribution >= 0.6 is 15.9 Å². The fourth-order valence-electron chi connectivity index (χ4n) is 2.00. The molecule has 1 atom stereocenters. The minimum atomic E-state index is -0.170. The van der Waals surface area contributed by atoms with Gasteiger partial charge in [-0.2, -0.15) is 0 Å². The fraction of sp³-hybridized carbons (Fsp3) is 0.600. The quantitative estimate of drug-likeness (QED) is 0.697. The molecular weight excluding hydrogens is 306 g/mol. The standard InChI is InChI=1S/C15H24BrNO2/c1-4-14(12-8-7-9-13(16)10-12)17-11-15(18-5-2)19-6-3/h7-10,14-15,17H,4-6,11H2,1-3H3. The molecule has 0 amide bonds. The monoisotopic (exact) mass is 329 g/mol. The van der Waals surface area contributed by atoms with Crippen molar-refractivity contribution < 1.29 is 9.47 Å². The smallest absolute Gasteiger partial charge is 0.169 e. The Labute approximate surface area is 124 Å². The zero-order valence-corrected chi connectivity index (χ0v) is 13.6. The third-order valence-corrected chi connectivity index (χ3v) is 3.39. The van der Waals surface area contributed by atoms with Crippen molar-refractivity contribution in [1.82, 2.24) is 5.32 Å². The Morgan fingerprint density at radius 1 is 1.16 bits per heavy atom. The van der Waals surface area contributed by atoms with E-state index in [4.69, 9.17) is 9.47 Å². The SMILES string of the molecule is CCOC(CNC(CC)c1cccc(Br)c1)OCC. The Bertz CT molecular complexity index is 354. The summed E-state index contributed by atoms with van der Waals surface area (Å²) in [5.74, 6) is 0. The lowest BCUT2D eigenvalue weighted by atomic mass is 10.0. The molecule has 1 unspecified atom stereocenters. The Balaban J connectivity index is 2.56. The zero-order chi connectivity index (χ0) is 14.1. The Morgan fingerprint density at radius 3 is 2.37 bits per heavy atom. The number of hydrogen-bond donors (Lipinski definition) is 1. The van der Waals surface area contributed by atoms with Crippen LogP contribution in [0.2, 0.25) is 0 Å². The van der Waals surface area contributed by atoms with E-state index in [-0.39, 0.29) is 6.29 Å². The molecule has 1 rings (SSSR count). The lowest BCUT2D eigenvalue weighted by Gasteiger charge is -2.22. The summed E-state index contributed by atoms with van der Waals surface area (Å²) in [5, 5.41) is 3.51. The molecule has 1 aromatic carbocycles. The van der Waals surface area contributed by atoms with E-state index in [9.17, 15) is 0 Å². The van der Waals surface area contributed by atoms with Crippen molar-refractivity contribution >= 4 is 15.9 Å². The third kappa shape index (κ3) is 6.04. The molecule has 0 heterocycles. The van der Waals surface area contributed by atoms with Crippen LogP contribution < -0.4 is 5.32 Å². The van der Waals surface area contributed by atoms with Gasteiger partial charge in [0.1, 0.15) is 0 Å². The first kappa shape index (κ1) is 16.6. The van der Waals surface area contributed by atoms with Gasteiger partial charge in [-0.3, -0.25) is 0 Å². The molecule has 0 aliphatic carbocycles. The summed E-state index contributed by atoms with van der Waals surface area (Å²) < 4.78 is 12.2. The van der Waals surface area contributed by atoms with E-state index in [2.05, 4.69) is 46.4 Å². The van der Waals surface area contributed by atoms with Crippen LogP contribution in [0.1, 0.15) is 38.8 Å². The normalized spacial score (nSPS) is 12.9. The molecule has 0 spiro atoms. The molecule has 4 heteroatoms. The number of ether oxygens (including phenoxy) is 2. The Kier molecular flexibility index (Phi) is 8.30. The van der Waals surface area contributed by atoms with Crippen molar-refractivity contribution in [3.05, 3.63) is 34.3 Å². The lowest BCUT2D eigenvalue weighted by Crippen LogP contribution is -2.34. The molecule has 0 bridgehead atoms. The highest BCUT2D eigenvalue weighted by Gasteiger charge is 2.13. The molecular formula is C15H24BrNO2. The van der Waals surface area contributed by atoms with Crippen molar-refractivity contribution in [3.63, 3.8) is 0 Å². The minimum absolute atomic E-state index is 0.170. The summed E-state index contributed by atoms with van der Waals surface area (Å²) >= 11 is 3.51. The number of nitrogens with one attached hydrogen (secondary N) is 1. The largest absolute Gasteiger partial charge is 0.352 e. The predicted octanol–water partition coefficient (Wildman–Crippen LogP) is 3.89. The van der Waals surface area contributed by atoms with Crippen LogP contribution in [0.3, 0.4) is 0 Å². The number of hydrogen-bond acceptors (Lipinski definition) is 3. The van der Waals surface area contributed by atoms with Crippen molar-refractivity contribution in [3.8, 4) is 0 Å². The minimum Gasteiger partial charge on any atom is -0.352 e. The molecule has 0 aromatic heterocycles. The van der Waals surface area contributed by atoms with E-state index >= 15 is 0 Å². The number of rotatable bonds is 9. The Hall–Kier alpha value is -0.420. The average molecular weight is 330 g/mol. The van der Waals surface area contributed by atoms with Gasteiger partial charge in [-0.05, 0) is 38.0 Å². The van der Waals surface area contributed by atoms with E-state index in [1.165, 1.54) is 5.56 Å². The van der Waals surface area contributed by atoms with Gasteiger partial charge in [0.05, 0.1) is 0 Å². The van der Waals surface area contributed by atoms with Crippen LogP contribution in [-0.2, 0) is 9.47 Å². The van der Waals surface area contributed by atoms with Crippen LogP contribution in [0.4, 0.5) is 0 Å². The summed E-state index contributed by atoms with van der Waals surface area (Å²) in [6.07, 6.45) is 0.859. The highest BCUT2D eigenvalue weighted by molar-refractivity contribution is 9.10. The van der Waals surface area contributed by atoms with Gasteiger partial charge in [-0.1, -0.05) is 35.0 Å². The second-order valence-electron chi connectivity index (χ2n) is 4.26. The van der Waals surface area contributed by atoms with Gasteiger partial charge in [0, 0.05) is 30.3 Å². The van der Waals surface area contributed by atoms with Crippen LogP contribution in [-0.4, -0.2) is 26.0 Å². The maximum Gasteiger partial charge on any atom is 0.169 e. The molecule has 19 heavy (non-hydrogen) atoms. The van der Waals surface area contributed by atoms with Gasteiger partial charge in [0.2, 0.25) is 0 Å². The van der Waals surface area contributed by atoms with Crippen molar-refractivity contribution in [2.45, 2.75) is 39.5 Å². The molecule has 108 valence electrons. The summed E-state index contributed by atoms with van der Waals surface area (Å²) in [4.78, 5) is 0. The molecule has 0 aliphatic rings. The summed E-state index contributed by atoms with van der Waals surface area (Å²) in [5.41, 5.74) is 1.28. The maximum absolute atomic E-state index is 5.54. The Morgan fingerprint density at radius 2 is 1.84 bits per heavy atom. The van der Waals surface area contributed by atoms with E-state index in [0.29, 0.717) is 25.8 Å². The lowest BCUT2D eigenvalue weighted by molar-refractivity contribution is -0.133. The molecule has 0 saturated carbocycles. The maximum atomic E-state index is 5.54. The predicted molar refractivity (Wildman–Crippen MR) is 82.2 cm³/mol. The van der Waals surface area contributed by atoms with Gasteiger partial charge in [-0.25, -0.2) is 0 Å². The summed E-state index contributed by atoms with van der Waals surface area (Å²) in [6, 6.07) is 8.71. The van der Waals surface area contributed by atoms with Gasteiger partial charge in [0.15, 0.2) is 6.29 Å². The van der Waals surface area contributed by atoms with Crippen molar-refractivity contribution in [1.29, 1.82) is 0 Å². The van der Waals surface area contributed by atoms with Crippen LogP contribution in [0.25, 0.3) is 0 Å². The molecule has 0 radical (unpaired) electrons. The molecule has 0 fully saturated rings. The van der Waals surface area contributed by atoms with Gasteiger partial charge < -0.3 is 14.8 Å². The first-order valence-electron chi connectivity index (χ1n) is 6.93. The van der Waals surface area contributed by atoms with Gasteiger partial charge >= 0.3 is 0 Å². The summed E-state index contributed by atoms with van der Waals surface area (Å²) in [7, 11) is 0. The average Bonchev–Trinajstić information content (AvgIpc) is 2.40. The van der Waals surface area contributed by atoms with Crippen LogP contribution in [0.5, 0.6) is 0 Å². The first-order chi connectivity index (χ1) is 9.21. The molecule has 1 aromatic rings. The molecule has 0 saturated heterocycles. The van der Waals surface area contributed by atoms with Crippen molar-refractivity contribution in [2.75, 3.05) is 19.8 Å². The zero-order valence-electron chi connectivity index (χ0n) is 12.0. The van der Waals surface area contributed by atoms with Crippen LogP contribution in [0, 0.1) is 0 Å². The molecule has 1 N–H and O–H groups in total. The van der Waals surface area contributed by atoms with Gasteiger partial charge in [-0.15, -0.1) is 0 Å². The number of benzene rings is 1. The molecule has 0 aliphatic heterocycles. The topological polar surface area (TPSA) is 30.5 Å². The van der Waals surface area contributed by atoms with E-state index in [1.807, 2.05) is 19.9 Å². The van der Waals surface area contributed by atoms with E-state index < -0.39 is 0 Å². The molecule has 3 nitrogen and oxygen atoms in total. The number of halogens is 1. The van der Waals surface area contributed by atoms with E-state index in [1.54, 1.807) is 0 Å². The highest BCUT2D eigenvalue weighted by atomic mass is 79.9. The fourth-order valence-corrected chi connectivity index (χ4v) is 2.41.